The van der Waals surface area contributed by atoms with Crippen molar-refractivity contribution in [2.75, 3.05) is 19.6 Å². The first-order valence-electron chi connectivity index (χ1n) is 6.55. The van der Waals surface area contributed by atoms with Crippen LogP contribution in [0.15, 0.2) is 28.8 Å². The first-order valence-corrected chi connectivity index (χ1v) is 6.55. The molecule has 3 fully saturated rings. The van der Waals surface area contributed by atoms with Crippen LogP contribution in [0.3, 0.4) is 0 Å². The Hall–Kier alpha value is -1.39. The first-order chi connectivity index (χ1) is 8.75. The normalized spacial score (nSPS) is 35.2. The first kappa shape index (κ1) is 10.5. The highest BCUT2D eigenvalue weighted by atomic mass is 16.4. The standard InChI is InChI=1S/C14H16N2O2/c17-14(9-16-6-3-10(14)4-7-16)13-8-11-12(18-13)2-1-5-15-11/h1-2,5,8,10,17H,3-4,6-7,9H2. The number of aromatic nitrogens is 1. The average Bonchev–Trinajstić information content (AvgIpc) is 2.84. The predicted molar refractivity (Wildman–Crippen MR) is 67.1 cm³/mol. The zero-order valence-electron chi connectivity index (χ0n) is 10.2. The Morgan fingerprint density at radius 1 is 1.39 bits per heavy atom. The monoisotopic (exact) mass is 244 g/mol. The van der Waals surface area contributed by atoms with Crippen LogP contribution in [0.2, 0.25) is 0 Å². The zero-order valence-corrected chi connectivity index (χ0v) is 10.2. The van der Waals surface area contributed by atoms with Crippen molar-refractivity contribution in [3.05, 3.63) is 30.2 Å². The highest BCUT2D eigenvalue weighted by Crippen LogP contribution is 2.43. The molecule has 0 radical (unpaired) electrons. The second kappa shape index (κ2) is 3.56. The van der Waals surface area contributed by atoms with E-state index >= 15 is 0 Å². The van der Waals surface area contributed by atoms with Crippen LogP contribution in [0.4, 0.5) is 0 Å². The van der Waals surface area contributed by atoms with Crippen LogP contribution in [0, 0.1) is 5.92 Å². The maximum absolute atomic E-state index is 11.0. The van der Waals surface area contributed by atoms with Crippen molar-refractivity contribution in [3.8, 4) is 0 Å². The fraction of sp³-hybridized carbons (Fsp3) is 0.500. The lowest BCUT2D eigenvalue weighted by Gasteiger charge is -2.49. The Morgan fingerprint density at radius 2 is 2.22 bits per heavy atom. The fourth-order valence-corrected chi connectivity index (χ4v) is 3.40. The van der Waals surface area contributed by atoms with Gasteiger partial charge in [-0.1, -0.05) is 0 Å². The third-order valence-corrected chi connectivity index (χ3v) is 4.44. The molecule has 3 aliphatic rings. The molecule has 2 aromatic rings. The van der Waals surface area contributed by atoms with Crippen LogP contribution < -0.4 is 0 Å². The molecule has 0 saturated carbocycles. The van der Waals surface area contributed by atoms with E-state index in [0.717, 1.165) is 37.0 Å². The van der Waals surface area contributed by atoms with Crippen molar-refractivity contribution < 1.29 is 9.52 Å². The lowest BCUT2D eigenvalue weighted by Crippen LogP contribution is -2.56. The third-order valence-electron chi connectivity index (χ3n) is 4.44. The van der Waals surface area contributed by atoms with Gasteiger partial charge < -0.3 is 9.52 Å². The number of piperidine rings is 3. The number of nitrogens with zero attached hydrogens (tertiary/aromatic N) is 2. The van der Waals surface area contributed by atoms with Crippen LogP contribution in [0.1, 0.15) is 18.6 Å². The maximum atomic E-state index is 11.0. The SMILES string of the molecule is OC1(c2cc3ncccc3o2)CN2CCC1CC2. The van der Waals surface area contributed by atoms with Crippen molar-refractivity contribution in [1.29, 1.82) is 0 Å². The minimum atomic E-state index is -0.822. The summed E-state index contributed by atoms with van der Waals surface area (Å²) in [6.45, 7) is 2.90. The quantitative estimate of drug-likeness (QED) is 0.830. The summed E-state index contributed by atoms with van der Waals surface area (Å²) in [7, 11) is 0. The van der Waals surface area contributed by atoms with Gasteiger partial charge in [-0.2, -0.15) is 0 Å². The van der Waals surface area contributed by atoms with Gasteiger partial charge >= 0.3 is 0 Å². The molecule has 1 N–H and O–H groups in total. The summed E-state index contributed by atoms with van der Waals surface area (Å²) in [6.07, 6.45) is 3.87. The summed E-state index contributed by atoms with van der Waals surface area (Å²) >= 11 is 0. The van der Waals surface area contributed by atoms with Gasteiger partial charge in [-0.3, -0.25) is 9.88 Å². The van der Waals surface area contributed by atoms with Crippen LogP contribution >= 0.6 is 0 Å². The Balaban J connectivity index is 1.81. The molecule has 3 saturated heterocycles. The summed E-state index contributed by atoms with van der Waals surface area (Å²) in [4.78, 5) is 6.59. The molecule has 2 bridgehead atoms. The van der Waals surface area contributed by atoms with E-state index in [9.17, 15) is 5.11 Å². The summed E-state index contributed by atoms with van der Waals surface area (Å²) < 4.78 is 5.82. The number of rotatable bonds is 1. The molecule has 5 heterocycles. The molecule has 0 aliphatic carbocycles. The smallest absolute Gasteiger partial charge is 0.152 e. The molecule has 1 atom stereocenters. The number of hydrogen-bond donors (Lipinski definition) is 1. The number of furan rings is 1. The molecule has 0 amide bonds. The highest BCUT2D eigenvalue weighted by molar-refractivity contribution is 5.73. The minimum absolute atomic E-state index is 0.322. The molecule has 1 unspecified atom stereocenters. The molecular weight excluding hydrogens is 228 g/mol. The van der Waals surface area contributed by atoms with E-state index in [4.69, 9.17) is 4.42 Å². The van der Waals surface area contributed by atoms with E-state index in [-0.39, 0.29) is 0 Å². The molecule has 5 rings (SSSR count). The average molecular weight is 244 g/mol. The molecule has 94 valence electrons. The topological polar surface area (TPSA) is 49.5 Å². The molecule has 0 spiro atoms. The van der Waals surface area contributed by atoms with E-state index in [1.807, 2.05) is 18.2 Å². The van der Waals surface area contributed by atoms with Crippen molar-refractivity contribution in [2.45, 2.75) is 18.4 Å². The maximum Gasteiger partial charge on any atom is 0.152 e. The Bertz CT molecular complexity index is 553. The lowest BCUT2D eigenvalue weighted by atomic mass is 9.74. The van der Waals surface area contributed by atoms with Crippen LogP contribution in [-0.4, -0.2) is 34.6 Å². The van der Waals surface area contributed by atoms with Gasteiger partial charge in [-0.25, -0.2) is 0 Å². The summed E-state index contributed by atoms with van der Waals surface area (Å²) in [5, 5.41) is 11.0. The fourth-order valence-electron chi connectivity index (χ4n) is 3.40. The number of hydrogen-bond acceptors (Lipinski definition) is 4. The summed E-state index contributed by atoms with van der Waals surface area (Å²) in [6, 6.07) is 5.66. The number of fused-ring (bicyclic) bond motifs is 4. The molecular formula is C14H16N2O2. The van der Waals surface area contributed by atoms with E-state index in [2.05, 4.69) is 9.88 Å². The largest absolute Gasteiger partial charge is 0.456 e. The van der Waals surface area contributed by atoms with E-state index < -0.39 is 5.60 Å². The van der Waals surface area contributed by atoms with Crippen molar-refractivity contribution in [1.82, 2.24) is 9.88 Å². The molecule has 2 aromatic heterocycles. The van der Waals surface area contributed by atoms with Gasteiger partial charge in [0.25, 0.3) is 0 Å². The Kier molecular flexibility index (Phi) is 2.08. The van der Waals surface area contributed by atoms with Crippen LogP contribution in [0.5, 0.6) is 0 Å². The van der Waals surface area contributed by atoms with Gasteiger partial charge in [0.05, 0.1) is 0 Å². The van der Waals surface area contributed by atoms with Crippen LogP contribution in [0.25, 0.3) is 11.1 Å². The van der Waals surface area contributed by atoms with E-state index in [1.165, 1.54) is 0 Å². The van der Waals surface area contributed by atoms with Crippen molar-refractivity contribution in [3.63, 3.8) is 0 Å². The highest BCUT2D eigenvalue weighted by Gasteiger charge is 2.48. The lowest BCUT2D eigenvalue weighted by molar-refractivity contribution is -0.128. The number of aliphatic hydroxyl groups is 1. The predicted octanol–water partition coefficient (Wildman–Crippen LogP) is 1.74. The van der Waals surface area contributed by atoms with Crippen molar-refractivity contribution in [2.24, 2.45) is 5.92 Å². The Morgan fingerprint density at radius 3 is 2.89 bits per heavy atom. The van der Waals surface area contributed by atoms with Crippen molar-refractivity contribution >= 4 is 11.1 Å². The zero-order chi connectivity index (χ0) is 12.2. The van der Waals surface area contributed by atoms with E-state index in [1.54, 1.807) is 6.20 Å². The van der Waals surface area contributed by atoms with Gasteiger partial charge in [0, 0.05) is 18.8 Å². The second-order valence-corrected chi connectivity index (χ2v) is 5.47. The number of pyridine rings is 1. The van der Waals surface area contributed by atoms with E-state index in [0.29, 0.717) is 18.2 Å². The second-order valence-electron chi connectivity index (χ2n) is 5.47. The van der Waals surface area contributed by atoms with Gasteiger partial charge in [0.15, 0.2) is 5.58 Å². The molecule has 18 heavy (non-hydrogen) atoms. The molecule has 3 aliphatic heterocycles. The minimum Gasteiger partial charge on any atom is -0.456 e. The Labute approximate surface area is 105 Å². The van der Waals surface area contributed by atoms with Gasteiger partial charge in [-0.15, -0.1) is 0 Å². The summed E-state index contributed by atoms with van der Waals surface area (Å²) in [5.74, 6) is 1.01. The van der Waals surface area contributed by atoms with Gasteiger partial charge in [0.2, 0.25) is 0 Å². The van der Waals surface area contributed by atoms with Gasteiger partial charge in [-0.05, 0) is 44.0 Å². The van der Waals surface area contributed by atoms with Crippen LogP contribution in [-0.2, 0) is 5.60 Å². The van der Waals surface area contributed by atoms with Gasteiger partial charge in [0.1, 0.15) is 16.9 Å². The third kappa shape index (κ3) is 1.36. The summed E-state index contributed by atoms with van der Waals surface area (Å²) in [5.41, 5.74) is 0.770. The molecule has 4 nitrogen and oxygen atoms in total. The molecule has 4 heteroatoms. The molecule has 0 aromatic carbocycles.